The SMILES string of the molecule is CC(=O)N(C)C(C)=O.[B].c1ccccc1. The summed E-state index contributed by atoms with van der Waals surface area (Å²) in [5.74, 6) is -0.449. The van der Waals surface area contributed by atoms with Crippen LogP contribution in [0.2, 0.25) is 0 Å². The Bertz CT molecular complexity index is 247. The van der Waals surface area contributed by atoms with Crippen molar-refractivity contribution in [2.45, 2.75) is 13.8 Å². The normalized spacial score (nSPS) is 7.67. The van der Waals surface area contributed by atoms with E-state index in [-0.39, 0.29) is 20.2 Å². The molecule has 0 N–H and O–H groups in total. The van der Waals surface area contributed by atoms with Crippen molar-refractivity contribution in [2.75, 3.05) is 7.05 Å². The van der Waals surface area contributed by atoms with Gasteiger partial charge in [-0.05, 0) is 0 Å². The lowest BCUT2D eigenvalue weighted by molar-refractivity contribution is -0.140. The molecule has 3 radical (unpaired) electrons. The summed E-state index contributed by atoms with van der Waals surface area (Å²) in [5.41, 5.74) is 0. The molecule has 0 aliphatic heterocycles. The predicted molar refractivity (Wildman–Crippen MR) is 61.3 cm³/mol. The largest absolute Gasteiger partial charge is 0.286 e. The summed E-state index contributed by atoms with van der Waals surface area (Å²) in [7, 11) is 1.45. The fourth-order valence-electron chi connectivity index (χ4n) is 0.607. The molecule has 0 saturated carbocycles. The van der Waals surface area contributed by atoms with Gasteiger partial charge < -0.3 is 0 Å². The van der Waals surface area contributed by atoms with Crippen LogP contribution in [0.15, 0.2) is 36.4 Å². The Labute approximate surface area is 92.7 Å². The van der Waals surface area contributed by atoms with Crippen LogP contribution < -0.4 is 0 Å². The summed E-state index contributed by atoms with van der Waals surface area (Å²) < 4.78 is 0. The monoisotopic (exact) mass is 204 g/mol. The van der Waals surface area contributed by atoms with E-state index in [2.05, 4.69) is 0 Å². The van der Waals surface area contributed by atoms with Crippen molar-refractivity contribution < 1.29 is 9.59 Å². The Morgan fingerprint density at radius 3 is 1.07 bits per heavy atom. The number of nitrogens with zero attached hydrogens (tertiary/aromatic N) is 1. The molecule has 0 aliphatic rings. The van der Waals surface area contributed by atoms with Gasteiger partial charge in [0.25, 0.3) is 0 Å². The van der Waals surface area contributed by atoms with Crippen molar-refractivity contribution in [1.82, 2.24) is 4.90 Å². The van der Waals surface area contributed by atoms with Crippen molar-refractivity contribution in [3.63, 3.8) is 0 Å². The van der Waals surface area contributed by atoms with E-state index in [4.69, 9.17) is 0 Å². The van der Waals surface area contributed by atoms with Gasteiger partial charge in [0.15, 0.2) is 0 Å². The van der Waals surface area contributed by atoms with Gasteiger partial charge in [-0.1, -0.05) is 36.4 Å². The molecule has 1 aromatic rings. The Balaban J connectivity index is 0. The van der Waals surface area contributed by atoms with E-state index in [9.17, 15) is 9.59 Å². The van der Waals surface area contributed by atoms with Crippen LogP contribution in [0.1, 0.15) is 13.8 Å². The summed E-state index contributed by atoms with van der Waals surface area (Å²) in [6, 6.07) is 12.0. The Morgan fingerprint density at radius 2 is 1.00 bits per heavy atom. The van der Waals surface area contributed by atoms with Crippen molar-refractivity contribution in [1.29, 1.82) is 0 Å². The maximum Gasteiger partial charge on any atom is 0.225 e. The van der Waals surface area contributed by atoms with Gasteiger partial charge >= 0.3 is 0 Å². The Hall–Kier alpha value is -1.58. The zero-order valence-corrected chi connectivity index (χ0v) is 9.31. The van der Waals surface area contributed by atoms with E-state index in [1.165, 1.54) is 20.9 Å². The minimum Gasteiger partial charge on any atom is -0.286 e. The fraction of sp³-hybridized carbons (Fsp3) is 0.273. The predicted octanol–water partition coefficient (Wildman–Crippen LogP) is 1.32. The first-order chi connectivity index (χ1) is 6.55. The van der Waals surface area contributed by atoms with Gasteiger partial charge in [-0.3, -0.25) is 14.5 Å². The maximum atomic E-state index is 10.3. The molecule has 1 rings (SSSR count). The average molecular weight is 204 g/mol. The van der Waals surface area contributed by atoms with Crippen LogP contribution in [0, 0.1) is 0 Å². The fourth-order valence-corrected chi connectivity index (χ4v) is 0.607. The smallest absolute Gasteiger partial charge is 0.225 e. The second-order valence-corrected chi connectivity index (χ2v) is 2.75. The standard InChI is InChI=1S/C6H6.C5H9NO2.B/c1-2-4-6-5-3-1;1-4(7)6(3)5(2)8;/h1-6H;1-3H3;. The van der Waals surface area contributed by atoms with Gasteiger partial charge in [-0.15, -0.1) is 0 Å². The summed E-state index contributed by atoms with van der Waals surface area (Å²) >= 11 is 0. The van der Waals surface area contributed by atoms with E-state index in [0.717, 1.165) is 4.90 Å². The zero-order chi connectivity index (χ0) is 11.0. The van der Waals surface area contributed by atoms with Crippen molar-refractivity contribution in [2.24, 2.45) is 0 Å². The van der Waals surface area contributed by atoms with Crippen molar-refractivity contribution >= 4 is 20.2 Å². The van der Waals surface area contributed by atoms with Gasteiger partial charge in [0.2, 0.25) is 11.8 Å². The lowest BCUT2D eigenvalue weighted by atomic mass is 10.4. The summed E-state index contributed by atoms with van der Waals surface area (Å²) in [6.07, 6.45) is 0. The second-order valence-electron chi connectivity index (χ2n) is 2.75. The molecule has 0 aromatic heterocycles. The molecule has 2 amide bonds. The molecule has 1 aromatic carbocycles. The van der Waals surface area contributed by atoms with Crippen LogP contribution in [0.4, 0.5) is 0 Å². The molecular weight excluding hydrogens is 189 g/mol. The minimum absolute atomic E-state index is 0. The number of hydrogen-bond donors (Lipinski definition) is 0. The molecule has 3 nitrogen and oxygen atoms in total. The average Bonchev–Trinajstić information content (AvgIpc) is 2.20. The zero-order valence-electron chi connectivity index (χ0n) is 9.31. The van der Waals surface area contributed by atoms with Crippen LogP contribution in [-0.4, -0.2) is 32.2 Å². The third kappa shape index (κ3) is 8.75. The minimum atomic E-state index is -0.225. The van der Waals surface area contributed by atoms with E-state index in [1.54, 1.807) is 0 Å². The summed E-state index contributed by atoms with van der Waals surface area (Å²) in [4.78, 5) is 21.6. The summed E-state index contributed by atoms with van der Waals surface area (Å²) in [6.45, 7) is 2.70. The molecule has 0 saturated heterocycles. The number of carbonyl (C=O) groups is 2. The van der Waals surface area contributed by atoms with Gasteiger partial charge in [0.1, 0.15) is 0 Å². The highest BCUT2D eigenvalue weighted by Crippen LogP contribution is 1.81. The van der Waals surface area contributed by atoms with E-state index >= 15 is 0 Å². The first-order valence-corrected chi connectivity index (χ1v) is 4.30. The molecule has 15 heavy (non-hydrogen) atoms. The number of hydrogen-bond acceptors (Lipinski definition) is 2. The highest BCUT2D eigenvalue weighted by Gasteiger charge is 2.04. The molecular formula is C11H15BNO2. The van der Waals surface area contributed by atoms with E-state index in [1.807, 2.05) is 36.4 Å². The van der Waals surface area contributed by atoms with Crippen LogP contribution in [0.3, 0.4) is 0 Å². The highest BCUT2D eigenvalue weighted by molar-refractivity contribution is 5.92. The maximum absolute atomic E-state index is 10.3. The molecule has 0 spiro atoms. The van der Waals surface area contributed by atoms with Crippen LogP contribution in [-0.2, 0) is 9.59 Å². The van der Waals surface area contributed by atoms with Gasteiger partial charge in [-0.2, -0.15) is 0 Å². The Morgan fingerprint density at radius 1 is 0.800 bits per heavy atom. The first kappa shape index (κ1) is 15.9. The number of rotatable bonds is 0. The van der Waals surface area contributed by atoms with Crippen LogP contribution >= 0.6 is 0 Å². The molecule has 0 unspecified atom stereocenters. The number of carbonyl (C=O) groups excluding carboxylic acids is 2. The van der Waals surface area contributed by atoms with Crippen molar-refractivity contribution in [3.8, 4) is 0 Å². The van der Waals surface area contributed by atoms with E-state index < -0.39 is 0 Å². The quantitative estimate of drug-likeness (QED) is 0.597. The first-order valence-electron chi connectivity index (χ1n) is 4.30. The molecule has 0 fully saturated rings. The Kier molecular flexibility index (Phi) is 9.53. The van der Waals surface area contributed by atoms with Crippen LogP contribution in [0.5, 0.6) is 0 Å². The van der Waals surface area contributed by atoms with E-state index in [0.29, 0.717) is 0 Å². The number of imide groups is 1. The molecule has 0 heterocycles. The lowest BCUT2D eigenvalue weighted by Gasteiger charge is -2.07. The third-order valence-electron chi connectivity index (χ3n) is 1.61. The molecule has 0 bridgehead atoms. The van der Waals surface area contributed by atoms with Gasteiger partial charge in [0.05, 0.1) is 0 Å². The number of amides is 2. The molecule has 0 aliphatic carbocycles. The molecule has 4 heteroatoms. The topological polar surface area (TPSA) is 37.4 Å². The van der Waals surface area contributed by atoms with Crippen molar-refractivity contribution in [3.05, 3.63) is 36.4 Å². The van der Waals surface area contributed by atoms with Crippen LogP contribution in [0.25, 0.3) is 0 Å². The second kappa shape index (κ2) is 9.00. The molecule has 79 valence electrons. The van der Waals surface area contributed by atoms with Gasteiger partial charge in [-0.25, -0.2) is 0 Å². The lowest BCUT2D eigenvalue weighted by Crippen LogP contribution is -2.28. The highest BCUT2D eigenvalue weighted by atomic mass is 16.2. The third-order valence-corrected chi connectivity index (χ3v) is 1.61. The van der Waals surface area contributed by atoms with Gasteiger partial charge in [0, 0.05) is 29.3 Å². The number of benzene rings is 1. The molecule has 0 atom stereocenters. The summed E-state index contributed by atoms with van der Waals surface area (Å²) in [5, 5.41) is 0.